The third-order valence-electron chi connectivity index (χ3n) is 5.43. The summed E-state index contributed by atoms with van der Waals surface area (Å²) in [7, 11) is -0.970. The first kappa shape index (κ1) is 18.4. The highest BCUT2D eigenvalue weighted by Crippen LogP contribution is 2.22. The van der Waals surface area contributed by atoms with Gasteiger partial charge in [0.2, 0.25) is 5.91 Å². The van der Waals surface area contributed by atoms with Gasteiger partial charge >= 0.3 is 0 Å². The smallest absolute Gasteiger partial charge is 0.221 e. The molecule has 6 heteroatoms. The summed E-state index contributed by atoms with van der Waals surface area (Å²) in [4.78, 5) is 14.1. The van der Waals surface area contributed by atoms with Gasteiger partial charge in [-0.15, -0.1) is 0 Å². The second-order valence-corrected chi connectivity index (χ2v) is 9.60. The van der Waals surface area contributed by atoms with Crippen LogP contribution in [0.2, 0.25) is 0 Å². The lowest BCUT2D eigenvalue weighted by molar-refractivity contribution is -0.121. The fourth-order valence-electron chi connectivity index (χ4n) is 3.77. The number of carbonyl (C=O) groups is 1. The summed E-state index contributed by atoms with van der Waals surface area (Å²) in [6, 6.07) is 6.59. The van der Waals surface area contributed by atoms with Crippen LogP contribution in [0.4, 0.5) is 0 Å². The lowest BCUT2D eigenvalue weighted by Crippen LogP contribution is -2.36. The Balaban J connectivity index is 1.42. The number of nitrogens with zero attached hydrogens (tertiary/aromatic N) is 1. The van der Waals surface area contributed by atoms with Crippen LogP contribution in [0.15, 0.2) is 18.2 Å². The molecule has 1 aromatic rings. The highest BCUT2D eigenvalue weighted by molar-refractivity contribution is 7.91. The third-order valence-corrected chi connectivity index (χ3v) is 7.18. The monoisotopic (exact) mass is 364 g/mol. The van der Waals surface area contributed by atoms with Crippen LogP contribution in [0.5, 0.6) is 0 Å². The van der Waals surface area contributed by atoms with Crippen LogP contribution >= 0.6 is 0 Å². The minimum Gasteiger partial charge on any atom is -0.352 e. The highest BCUT2D eigenvalue weighted by Gasteiger charge is 2.30. The highest BCUT2D eigenvalue weighted by atomic mass is 32.2. The van der Waals surface area contributed by atoms with Crippen molar-refractivity contribution in [3.8, 4) is 0 Å². The molecular formula is C19H28N2O3S. The van der Waals surface area contributed by atoms with Gasteiger partial charge in [-0.05, 0) is 55.8 Å². The van der Waals surface area contributed by atoms with Crippen molar-refractivity contribution in [3.63, 3.8) is 0 Å². The molecule has 25 heavy (non-hydrogen) atoms. The molecule has 1 amide bonds. The summed E-state index contributed by atoms with van der Waals surface area (Å²) in [5, 5.41) is 2.98. The summed E-state index contributed by atoms with van der Waals surface area (Å²) >= 11 is 0. The quantitative estimate of drug-likeness (QED) is 0.834. The lowest BCUT2D eigenvalue weighted by Gasteiger charge is -2.22. The Labute approximate surface area is 150 Å². The molecule has 0 saturated carbocycles. The van der Waals surface area contributed by atoms with Crippen molar-refractivity contribution in [1.29, 1.82) is 0 Å². The van der Waals surface area contributed by atoms with E-state index in [1.807, 2.05) is 11.9 Å². The van der Waals surface area contributed by atoms with E-state index in [0.29, 0.717) is 25.9 Å². The van der Waals surface area contributed by atoms with Crippen molar-refractivity contribution in [1.82, 2.24) is 10.2 Å². The van der Waals surface area contributed by atoms with Gasteiger partial charge in [0.15, 0.2) is 9.84 Å². The molecule has 1 aromatic carbocycles. The van der Waals surface area contributed by atoms with Crippen molar-refractivity contribution in [2.45, 2.75) is 51.1 Å². The SMILES string of the molecule is CN(CCC(=O)NCc1ccc2c(c1)CCCC2)C1CCS(=O)(=O)C1. The molecule has 1 fully saturated rings. The topological polar surface area (TPSA) is 66.5 Å². The number of rotatable bonds is 6. The molecule has 5 nitrogen and oxygen atoms in total. The van der Waals surface area contributed by atoms with Gasteiger partial charge < -0.3 is 10.2 Å². The number of aryl methyl sites for hydroxylation is 2. The van der Waals surface area contributed by atoms with Gasteiger partial charge in [-0.1, -0.05) is 18.2 Å². The average Bonchev–Trinajstić information content (AvgIpc) is 2.97. The fraction of sp³-hybridized carbons (Fsp3) is 0.632. The van der Waals surface area contributed by atoms with Crippen LogP contribution in [0, 0.1) is 0 Å². The van der Waals surface area contributed by atoms with Gasteiger partial charge in [0, 0.05) is 25.6 Å². The minimum atomic E-state index is -2.88. The molecule has 0 radical (unpaired) electrons. The van der Waals surface area contributed by atoms with Crippen molar-refractivity contribution >= 4 is 15.7 Å². The van der Waals surface area contributed by atoms with Crippen molar-refractivity contribution in [2.75, 3.05) is 25.1 Å². The summed E-state index contributed by atoms with van der Waals surface area (Å²) in [5.41, 5.74) is 4.04. The number of hydrogen-bond acceptors (Lipinski definition) is 4. The summed E-state index contributed by atoms with van der Waals surface area (Å²) < 4.78 is 23.1. The Morgan fingerprint density at radius 1 is 1.24 bits per heavy atom. The molecule has 1 heterocycles. The summed E-state index contributed by atoms with van der Waals surface area (Å²) in [5.74, 6) is 0.512. The maximum absolute atomic E-state index is 12.1. The molecule has 1 atom stereocenters. The van der Waals surface area contributed by atoms with E-state index in [1.165, 1.54) is 30.4 Å². The molecule has 1 saturated heterocycles. The van der Waals surface area contributed by atoms with Crippen LogP contribution in [0.25, 0.3) is 0 Å². The molecule has 1 aliphatic carbocycles. The average molecular weight is 365 g/mol. The van der Waals surface area contributed by atoms with Gasteiger partial charge in [-0.2, -0.15) is 0 Å². The largest absolute Gasteiger partial charge is 0.352 e. The van der Waals surface area contributed by atoms with Crippen LogP contribution in [0.3, 0.4) is 0 Å². The standard InChI is InChI=1S/C19H28N2O3S/c1-21(18-9-11-25(23,24)14-18)10-8-19(22)20-13-15-6-7-16-4-2-3-5-17(16)12-15/h6-7,12,18H,2-5,8-11,13-14H2,1H3,(H,20,22). The predicted molar refractivity (Wildman–Crippen MR) is 99.2 cm³/mol. The number of carbonyl (C=O) groups excluding carboxylic acids is 1. The van der Waals surface area contributed by atoms with E-state index < -0.39 is 9.84 Å². The predicted octanol–water partition coefficient (Wildman–Crippen LogP) is 1.69. The normalized spacial score (nSPS) is 21.9. The van der Waals surface area contributed by atoms with E-state index in [1.54, 1.807) is 0 Å². The summed E-state index contributed by atoms with van der Waals surface area (Å²) in [6.07, 6.45) is 5.93. The Morgan fingerprint density at radius 2 is 2.00 bits per heavy atom. The maximum atomic E-state index is 12.1. The van der Waals surface area contributed by atoms with Crippen LogP contribution in [-0.4, -0.2) is 50.4 Å². The third kappa shape index (κ3) is 5.05. The number of sulfone groups is 1. The first-order valence-corrected chi connectivity index (χ1v) is 11.0. The van der Waals surface area contributed by atoms with Crippen LogP contribution in [0.1, 0.15) is 42.4 Å². The minimum absolute atomic E-state index is 0.0189. The molecule has 3 rings (SSSR count). The van der Waals surface area contributed by atoms with Crippen LogP contribution < -0.4 is 5.32 Å². The second-order valence-electron chi connectivity index (χ2n) is 7.37. The molecular weight excluding hydrogens is 336 g/mol. The second kappa shape index (κ2) is 7.87. The van der Waals surface area contributed by atoms with E-state index in [-0.39, 0.29) is 23.5 Å². The Kier molecular flexibility index (Phi) is 5.79. The number of hydrogen-bond donors (Lipinski definition) is 1. The van der Waals surface area contributed by atoms with Gasteiger partial charge in [0.1, 0.15) is 0 Å². The molecule has 0 spiro atoms. The molecule has 138 valence electrons. The molecule has 1 aliphatic heterocycles. The summed E-state index contributed by atoms with van der Waals surface area (Å²) in [6.45, 7) is 1.16. The maximum Gasteiger partial charge on any atom is 0.221 e. The molecule has 1 unspecified atom stereocenters. The number of benzene rings is 1. The number of amides is 1. The van der Waals surface area contributed by atoms with E-state index in [9.17, 15) is 13.2 Å². The van der Waals surface area contributed by atoms with Crippen molar-refractivity contribution in [3.05, 3.63) is 34.9 Å². The molecule has 0 aromatic heterocycles. The first-order valence-electron chi connectivity index (χ1n) is 9.21. The first-order chi connectivity index (χ1) is 11.9. The molecule has 2 aliphatic rings. The van der Waals surface area contributed by atoms with Gasteiger partial charge in [-0.25, -0.2) is 8.42 Å². The van der Waals surface area contributed by atoms with Crippen molar-refractivity contribution in [2.24, 2.45) is 0 Å². The lowest BCUT2D eigenvalue weighted by atomic mass is 9.90. The van der Waals surface area contributed by atoms with E-state index >= 15 is 0 Å². The zero-order chi connectivity index (χ0) is 17.9. The Morgan fingerprint density at radius 3 is 2.72 bits per heavy atom. The van der Waals surface area contributed by atoms with E-state index in [0.717, 1.165) is 12.0 Å². The zero-order valence-corrected chi connectivity index (χ0v) is 15.8. The van der Waals surface area contributed by atoms with Gasteiger partial charge in [0.25, 0.3) is 0 Å². The molecule has 0 bridgehead atoms. The van der Waals surface area contributed by atoms with Gasteiger partial charge in [-0.3, -0.25) is 4.79 Å². The number of fused-ring (bicyclic) bond motifs is 1. The molecule has 1 N–H and O–H groups in total. The van der Waals surface area contributed by atoms with Crippen molar-refractivity contribution < 1.29 is 13.2 Å². The van der Waals surface area contributed by atoms with Gasteiger partial charge in [0.05, 0.1) is 11.5 Å². The van der Waals surface area contributed by atoms with E-state index in [2.05, 4.69) is 23.5 Å². The fourth-order valence-corrected chi connectivity index (χ4v) is 5.57. The van der Waals surface area contributed by atoms with E-state index in [4.69, 9.17) is 0 Å². The Hall–Kier alpha value is -1.40. The Bertz CT molecular complexity index is 730. The number of nitrogens with one attached hydrogen (secondary N) is 1. The van der Waals surface area contributed by atoms with Crippen LogP contribution in [-0.2, 0) is 34.0 Å². The zero-order valence-electron chi connectivity index (χ0n) is 15.0.